The Morgan fingerprint density at radius 3 is 2.52 bits per heavy atom. The van der Waals surface area contributed by atoms with Crippen LogP contribution in [0.3, 0.4) is 0 Å². The van der Waals surface area contributed by atoms with Crippen molar-refractivity contribution in [1.82, 2.24) is 14.6 Å². The zero-order valence-corrected chi connectivity index (χ0v) is 18.6. The second-order valence-corrected chi connectivity index (χ2v) is 9.81. The average molecular weight is 478 g/mol. The highest BCUT2D eigenvalue weighted by Crippen LogP contribution is 2.29. The number of hydrogen-bond donors (Lipinski definition) is 1. The van der Waals surface area contributed by atoms with Crippen molar-refractivity contribution >= 4 is 26.8 Å². The SMILES string of the molecule is Cc1ccc(-c2ccc3nccc(C(=O)N4CCC[C@H]4CNS(=O)(=O)C(F)(F)F)c3c2)cc1. The van der Waals surface area contributed by atoms with Gasteiger partial charge in [0.05, 0.1) is 11.1 Å². The monoisotopic (exact) mass is 477 g/mol. The van der Waals surface area contributed by atoms with Gasteiger partial charge in [0.25, 0.3) is 5.91 Å². The van der Waals surface area contributed by atoms with Gasteiger partial charge in [0.1, 0.15) is 0 Å². The van der Waals surface area contributed by atoms with E-state index in [9.17, 15) is 26.4 Å². The second kappa shape index (κ2) is 8.75. The Balaban J connectivity index is 1.63. The van der Waals surface area contributed by atoms with Crippen molar-refractivity contribution in [3.63, 3.8) is 0 Å². The predicted molar refractivity (Wildman–Crippen MR) is 119 cm³/mol. The average Bonchev–Trinajstić information content (AvgIpc) is 3.25. The van der Waals surface area contributed by atoms with Crippen molar-refractivity contribution in [3.8, 4) is 11.1 Å². The maximum Gasteiger partial charge on any atom is 0.511 e. The largest absolute Gasteiger partial charge is 0.511 e. The summed E-state index contributed by atoms with van der Waals surface area (Å²) in [5.74, 6) is -0.364. The molecule has 2 heterocycles. The number of nitrogens with one attached hydrogen (secondary N) is 1. The minimum Gasteiger partial charge on any atom is -0.334 e. The van der Waals surface area contributed by atoms with Crippen molar-refractivity contribution in [2.24, 2.45) is 0 Å². The number of carbonyl (C=O) groups is 1. The summed E-state index contributed by atoms with van der Waals surface area (Å²) in [7, 11) is -5.47. The summed E-state index contributed by atoms with van der Waals surface area (Å²) >= 11 is 0. The number of aryl methyl sites for hydroxylation is 1. The number of nitrogens with zero attached hydrogens (tertiary/aromatic N) is 2. The molecular weight excluding hydrogens is 455 g/mol. The molecule has 4 rings (SSSR count). The lowest BCUT2D eigenvalue weighted by Gasteiger charge is -2.25. The molecule has 1 aromatic heterocycles. The van der Waals surface area contributed by atoms with Crippen LogP contribution in [0.4, 0.5) is 13.2 Å². The lowest BCUT2D eigenvalue weighted by molar-refractivity contribution is -0.0448. The maximum atomic E-state index is 13.4. The molecule has 2 aromatic carbocycles. The summed E-state index contributed by atoms with van der Waals surface area (Å²) in [4.78, 5) is 19.1. The Kier molecular flexibility index (Phi) is 6.15. The minimum absolute atomic E-state index is 0.332. The summed E-state index contributed by atoms with van der Waals surface area (Å²) in [5.41, 5.74) is -1.40. The van der Waals surface area contributed by atoms with E-state index in [1.807, 2.05) is 49.4 Å². The Morgan fingerprint density at radius 1 is 1.12 bits per heavy atom. The molecule has 1 amide bonds. The number of hydrogen-bond acceptors (Lipinski definition) is 4. The smallest absolute Gasteiger partial charge is 0.334 e. The second-order valence-electron chi connectivity index (χ2n) is 8.05. The van der Waals surface area contributed by atoms with Crippen molar-refractivity contribution < 1.29 is 26.4 Å². The molecule has 0 spiro atoms. The van der Waals surface area contributed by atoms with Crippen molar-refractivity contribution in [2.75, 3.05) is 13.1 Å². The Hall–Kier alpha value is -2.98. The number of likely N-dealkylation sites (tertiary alicyclic amines) is 1. The Morgan fingerprint density at radius 2 is 1.82 bits per heavy atom. The fraction of sp³-hybridized carbons (Fsp3) is 0.304. The molecule has 1 aliphatic heterocycles. The number of alkyl halides is 3. The minimum atomic E-state index is -5.47. The van der Waals surface area contributed by atoms with Gasteiger partial charge in [0, 0.05) is 30.7 Å². The molecule has 1 N–H and O–H groups in total. The first kappa shape index (κ1) is 23.2. The lowest BCUT2D eigenvalue weighted by atomic mass is 9.99. The number of benzene rings is 2. The molecule has 0 bridgehead atoms. The number of carbonyl (C=O) groups excluding carboxylic acids is 1. The van der Waals surface area contributed by atoms with Gasteiger partial charge in [-0.1, -0.05) is 35.9 Å². The van der Waals surface area contributed by atoms with Gasteiger partial charge in [-0.2, -0.15) is 13.2 Å². The first-order chi connectivity index (χ1) is 15.6. The summed E-state index contributed by atoms with van der Waals surface area (Å²) in [6.07, 6.45) is 2.49. The van der Waals surface area contributed by atoms with Crippen LogP contribution in [-0.4, -0.2) is 48.8 Å². The van der Waals surface area contributed by atoms with E-state index in [0.29, 0.717) is 35.9 Å². The van der Waals surface area contributed by atoms with Gasteiger partial charge >= 0.3 is 15.5 Å². The van der Waals surface area contributed by atoms with Gasteiger partial charge in [-0.3, -0.25) is 9.78 Å². The normalized spacial score (nSPS) is 17.0. The maximum absolute atomic E-state index is 13.4. The molecule has 1 saturated heterocycles. The van der Waals surface area contributed by atoms with E-state index < -0.39 is 28.1 Å². The van der Waals surface area contributed by atoms with Crippen molar-refractivity contribution in [2.45, 2.75) is 31.3 Å². The van der Waals surface area contributed by atoms with Crippen LogP contribution in [0.5, 0.6) is 0 Å². The number of rotatable bonds is 5. The van der Waals surface area contributed by atoms with Gasteiger partial charge in [-0.15, -0.1) is 0 Å². The van der Waals surface area contributed by atoms with Gasteiger partial charge < -0.3 is 4.90 Å². The van der Waals surface area contributed by atoms with Crippen LogP contribution < -0.4 is 4.72 Å². The van der Waals surface area contributed by atoms with E-state index in [-0.39, 0.29) is 5.91 Å². The van der Waals surface area contributed by atoms with Crippen LogP contribution >= 0.6 is 0 Å². The number of pyridine rings is 1. The van der Waals surface area contributed by atoms with Gasteiger partial charge in [0.2, 0.25) is 0 Å². The third-order valence-electron chi connectivity index (χ3n) is 5.81. The Bertz CT molecular complexity index is 1290. The number of sulfonamides is 1. The molecule has 6 nitrogen and oxygen atoms in total. The van der Waals surface area contributed by atoms with Crippen molar-refractivity contribution in [1.29, 1.82) is 0 Å². The highest BCUT2D eigenvalue weighted by Gasteiger charge is 2.46. The summed E-state index contributed by atoms with van der Waals surface area (Å²) in [6, 6.07) is 14.5. The molecule has 33 heavy (non-hydrogen) atoms. The number of fused-ring (bicyclic) bond motifs is 1. The fourth-order valence-corrected chi connectivity index (χ4v) is 4.59. The summed E-state index contributed by atoms with van der Waals surface area (Å²) in [5, 5.41) is 0.627. The third kappa shape index (κ3) is 4.72. The molecule has 0 saturated carbocycles. The van der Waals surface area contributed by atoms with Gasteiger partial charge in [0.15, 0.2) is 0 Å². The van der Waals surface area contributed by atoms with Crippen LogP contribution in [0.1, 0.15) is 28.8 Å². The van der Waals surface area contributed by atoms with E-state index in [4.69, 9.17) is 0 Å². The Labute approximate surface area is 189 Å². The van der Waals surface area contributed by atoms with E-state index in [1.54, 1.807) is 10.8 Å². The van der Waals surface area contributed by atoms with E-state index in [1.165, 1.54) is 11.1 Å². The quantitative estimate of drug-likeness (QED) is 0.596. The molecule has 1 aliphatic rings. The van der Waals surface area contributed by atoms with Gasteiger partial charge in [-0.25, -0.2) is 13.1 Å². The molecule has 0 radical (unpaired) electrons. The molecule has 174 valence electrons. The molecule has 1 fully saturated rings. The van der Waals surface area contributed by atoms with E-state index in [2.05, 4.69) is 4.98 Å². The lowest BCUT2D eigenvalue weighted by Crippen LogP contribution is -2.46. The standard InChI is InChI=1S/C23H22F3N3O3S/c1-15-4-6-16(7-5-15)17-8-9-21-20(13-17)19(10-11-27-21)22(30)29-12-2-3-18(29)14-28-33(31,32)23(24,25)26/h4-11,13,18,28H,2-3,12,14H2,1H3/t18-/m0/s1. The zero-order valence-electron chi connectivity index (χ0n) is 17.8. The number of amides is 1. The van der Waals surface area contributed by atoms with E-state index >= 15 is 0 Å². The molecule has 0 aliphatic carbocycles. The highest BCUT2D eigenvalue weighted by molar-refractivity contribution is 7.90. The van der Waals surface area contributed by atoms with E-state index in [0.717, 1.165) is 16.7 Å². The first-order valence-electron chi connectivity index (χ1n) is 10.4. The van der Waals surface area contributed by atoms with Crippen LogP contribution in [0.15, 0.2) is 54.7 Å². The number of aromatic nitrogens is 1. The van der Waals surface area contributed by atoms with Crippen LogP contribution in [0, 0.1) is 6.92 Å². The van der Waals surface area contributed by atoms with Crippen LogP contribution in [0.25, 0.3) is 22.0 Å². The highest BCUT2D eigenvalue weighted by atomic mass is 32.2. The van der Waals surface area contributed by atoms with Gasteiger partial charge in [-0.05, 0) is 49.1 Å². The van der Waals surface area contributed by atoms with Crippen LogP contribution in [0.2, 0.25) is 0 Å². The third-order valence-corrected chi connectivity index (χ3v) is 6.96. The number of halogens is 3. The molecule has 3 aromatic rings. The summed E-state index contributed by atoms with van der Waals surface area (Å²) < 4.78 is 62.3. The fourth-order valence-electron chi connectivity index (χ4n) is 4.02. The molecule has 10 heteroatoms. The topological polar surface area (TPSA) is 79.4 Å². The van der Waals surface area contributed by atoms with Crippen molar-refractivity contribution in [3.05, 3.63) is 65.9 Å². The zero-order chi connectivity index (χ0) is 23.8. The van der Waals surface area contributed by atoms with Crippen LogP contribution in [-0.2, 0) is 10.0 Å². The molecule has 1 atom stereocenters. The predicted octanol–water partition coefficient (Wildman–Crippen LogP) is 4.25. The first-order valence-corrected chi connectivity index (χ1v) is 11.9. The molecule has 0 unspecified atom stereocenters. The summed E-state index contributed by atoms with van der Waals surface area (Å²) in [6.45, 7) is 1.83. The molecular formula is C23H22F3N3O3S.